The van der Waals surface area contributed by atoms with Crippen LogP contribution in [-0.4, -0.2) is 35.7 Å². The number of hydrogen-bond acceptors (Lipinski definition) is 2. The lowest BCUT2D eigenvalue weighted by Gasteiger charge is -2.33. The molecule has 1 unspecified atom stereocenters. The van der Waals surface area contributed by atoms with Gasteiger partial charge in [0, 0.05) is 23.4 Å². The summed E-state index contributed by atoms with van der Waals surface area (Å²) < 4.78 is 0. The molecular weight excluding hydrogens is 423 g/mol. The van der Waals surface area contributed by atoms with Gasteiger partial charge in [-0.3, -0.25) is 4.90 Å². The molecule has 1 saturated heterocycles. The molecule has 9 heteroatoms. The van der Waals surface area contributed by atoms with Crippen molar-refractivity contribution >= 4 is 58.2 Å². The SMILES string of the molecule is CN1C(=O)N(c2ccc(Cl)c(Cl)c2)C(NC(=O)Nc2ccc(Cl)cc2)C1(C)C. The second-order valence-corrected chi connectivity index (χ2v) is 8.22. The van der Waals surface area contributed by atoms with Crippen LogP contribution in [0.2, 0.25) is 15.1 Å². The standard InChI is InChI=1S/C19H19Cl3N4O2/c1-19(2)16(24-17(27)23-12-6-4-11(20)5-7-12)26(18(28)25(19)3)13-8-9-14(21)15(22)10-13/h4-10,16H,1-3H3,(H2,23,24,27). The fourth-order valence-corrected chi connectivity index (χ4v) is 3.40. The molecule has 0 saturated carbocycles. The molecule has 0 aliphatic carbocycles. The van der Waals surface area contributed by atoms with Crippen molar-refractivity contribution in [3.05, 3.63) is 57.5 Å². The number of benzene rings is 2. The number of rotatable bonds is 3. The van der Waals surface area contributed by atoms with Gasteiger partial charge in [-0.05, 0) is 56.3 Å². The van der Waals surface area contributed by atoms with Crippen LogP contribution in [0.5, 0.6) is 0 Å². The summed E-state index contributed by atoms with van der Waals surface area (Å²) in [7, 11) is 1.69. The van der Waals surface area contributed by atoms with Gasteiger partial charge in [-0.25, -0.2) is 9.59 Å². The van der Waals surface area contributed by atoms with Crippen molar-refractivity contribution in [3.8, 4) is 0 Å². The molecule has 0 spiro atoms. The first-order chi connectivity index (χ1) is 13.1. The summed E-state index contributed by atoms with van der Waals surface area (Å²) in [6.07, 6.45) is -0.644. The minimum Gasteiger partial charge on any atom is -0.318 e. The number of nitrogens with one attached hydrogen (secondary N) is 2. The maximum atomic E-state index is 12.9. The van der Waals surface area contributed by atoms with E-state index in [-0.39, 0.29) is 6.03 Å². The molecule has 3 rings (SSSR count). The van der Waals surface area contributed by atoms with E-state index in [9.17, 15) is 9.59 Å². The number of halogens is 3. The monoisotopic (exact) mass is 440 g/mol. The third kappa shape index (κ3) is 3.85. The molecule has 148 valence electrons. The van der Waals surface area contributed by atoms with Crippen molar-refractivity contribution in [1.82, 2.24) is 10.2 Å². The molecular formula is C19H19Cl3N4O2. The van der Waals surface area contributed by atoms with Crippen molar-refractivity contribution in [1.29, 1.82) is 0 Å². The molecule has 1 atom stereocenters. The van der Waals surface area contributed by atoms with E-state index in [0.29, 0.717) is 26.4 Å². The Kier molecular flexibility index (Phi) is 5.66. The second-order valence-electron chi connectivity index (χ2n) is 6.97. The Morgan fingerprint density at radius 1 is 1.04 bits per heavy atom. The van der Waals surface area contributed by atoms with Crippen molar-refractivity contribution < 1.29 is 9.59 Å². The molecule has 28 heavy (non-hydrogen) atoms. The average Bonchev–Trinajstić information content (AvgIpc) is 2.80. The number of carbonyl (C=O) groups is 2. The van der Waals surface area contributed by atoms with E-state index >= 15 is 0 Å². The van der Waals surface area contributed by atoms with Crippen molar-refractivity contribution in [2.75, 3.05) is 17.3 Å². The minimum absolute atomic E-state index is 0.264. The van der Waals surface area contributed by atoms with Gasteiger partial charge < -0.3 is 15.5 Å². The molecule has 2 aromatic rings. The fraction of sp³-hybridized carbons (Fsp3) is 0.263. The van der Waals surface area contributed by atoms with E-state index in [1.54, 1.807) is 54.4 Å². The zero-order chi connectivity index (χ0) is 20.6. The zero-order valence-electron chi connectivity index (χ0n) is 15.5. The molecule has 0 radical (unpaired) electrons. The van der Waals surface area contributed by atoms with Crippen LogP contribution in [0.1, 0.15) is 13.8 Å². The van der Waals surface area contributed by atoms with E-state index in [4.69, 9.17) is 34.8 Å². The van der Waals surface area contributed by atoms with Gasteiger partial charge in [-0.2, -0.15) is 0 Å². The molecule has 1 aliphatic heterocycles. The quantitative estimate of drug-likeness (QED) is 0.665. The number of nitrogens with zero attached hydrogens (tertiary/aromatic N) is 2. The minimum atomic E-state index is -0.680. The lowest BCUT2D eigenvalue weighted by atomic mass is 10.0. The summed E-state index contributed by atoms with van der Waals surface area (Å²) in [5.41, 5.74) is 0.438. The highest BCUT2D eigenvalue weighted by molar-refractivity contribution is 6.42. The molecule has 1 heterocycles. The lowest BCUT2D eigenvalue weighted by Crippen LogP contribution is -2.56. The van der Waals surface area contributed by atoms with Crippen molar-refractivity contribution in [2.45, 2.75) is 25.6 Å². The van der Waals surface area contributed by atoms with Crippen LogP contribution in [0.25, 0.3) is 0 Å². The van der Waals surface area contributed by atoms with Crippen LogP contribution in [0.15, 0.2) is 42.5 Å². The predicted octanol–water partition coefficient (Wildman–Crippen LogP) is 5.45. The molecule has 1 aliphatic rings. The van der Waals surface area contributed by atoms with Crippen LogP contribution in [0, 0.1) is 0 Å². The summed E-state index contributed by atoms with van der Waals surface area (Å²) in [6.45, 7) is 3.74. The Balaban J connectivity index is 1.88. The molecule has 1 fully saturated rings. The fourth-order valence-electron chi connectivity index (χ4n) is 2.98. The van der Waals surface area contributed by atoms with Gasteiger partial charge in [-0.1, -0.05) is 34.8 Å². The van der Waals surface area contributed by atoms with Crippen LogP contribution in [-0.2, 0) is 0 Å². The van der Waals surface area contributed by atoms with Crippen LogP contribution < -0.4 is 15.5 Å². The summed E-state index contributed by atoms with van der Waals surface area (Å²) in [4.78, 5) is 28.6. The van der Waals surface area contributed by atoms with Crippen LogP contribution in [0.3, 0.4) is 0 Å². The summed E-state index contributed by atoms with van der Waals surface area (Å²) in [6, 6.07) is 10.9. The van der Waals surface area contributed by atoms with E-state index in [1.807, 2.05) is 13.8 Å². The normalized spacial score (nSPS) is 18.4. The number of anilines is 2. The Morgan fingerprint density at radius 3 is 2.29 bits per heavy atom. The topological polar surface area (TPSA) is 64.7 Å². The smallest absolute Gasteiger partial charge is 0.318 e. The average molecular weight is 442 g/mol. The number of hydrogen-bond donors (Lipinski definition) is 2. The molecule has 0 bridgehead atoms. The Bertz CT molecular complexity index is 918. The number of carbonyl (C=O) groups excluding carboxylic acids is 2. The first-order valence-corrected chi connectivity index (χ1v) is 9.60. The lowest BCUT2D eigenvalue weighted by molar-refractivity contribution is 0.180. The van der Waals surface area contributed by atoms with Crippen molar-refractivity contribution in [2.24, 2.45) is 0 Å². The van der Waals surface area contributed by atoms with Gasteiger partial charge in [0.15, 0.2) is 0 Å². The van der Waals surface area contributed by atoms with Gasteiger partial charge in [-0.15, -0.1) is 0 Å². The maximum Gasteiger partial charge on any atom is 0.326 e. The zero-order valence-corrected chi connectivity index (χ0v) is 17.7. The van der Waals surface area contributed by atoms with E-state index in [0.717, 1.165) is 0 Å². The summed E-state index contributed by atoms with van der Waals surface area (Å²) in [5, 5.41) is 6.90. The molecule has 2 N–H and O–H groups in total. The molecule has 6 nitrogen and oxygen atoms in total. The largest absolute Gasteiger partial charge is 0.326 e. The third-order valence-corrected chi connectivity index (χ3v) is 5.83. The van der Waals surface area contributed by atoms with Gasteiger partial charge >= 0.3 is 12.1 Å². The number of urea groups is 2. The molecule has 2 aromatic carbocycles. The van der Waals surface area contributed by atoms with Gasteiger partial charge in [0.1, 0.15) is 6.17 Å². The van der Waals surface area contributed by atoms with Crippen LogP contribution in [0.4, 0.5) is 21.0 Å². The van der Waals surface area contributed by atoms with Gasteiger partial charge in [0.25, 0.3) is 0 Å². The number of amides is 4. The van der Waals surface area contributed by atoms with Gasteiger partial charge in [0.05, 0.1) is 15.6 Å². The Labute approximate surface area is 178 Å². The summed E-state index contributed by atoms with van der Waals surface area (Å²) in [5.74, 6) is 0. The Hall–Kier alpha value is -2.15. The Morgan fingerprint density at radius 2 is 1.68 bits per heavy atom. The third-order valence-electron chi connectivity index (χ3n) is 4.84. The predicted molar refractivity (Wildman–Crippen MR) is 114 cm³/mol. The van der Waals surface area contributed by atoms with Crippen molar-refractivity contribution in [3.63, 3.8) is 0 Å². The van der Waals surface area contributed by atoms with E-state index in [2.05, 4.69) is 10.6 Å². The molecule has 4 amide bonds. The molecule has 0 aromatic heterocycles. The van der Waals surface area contributed by atoms with E-state index < -0.39 is 17.7 Å². The van der Waals surface area contributed by atoms with Crippen LogP contribution >= 0.6 is 34.8 Å². The van der Waals surface area contributed by atoms with Gasteiger partial charge in [0.2, 0.25) is 0 Å². The first-order valence-electron chi connectivity index (χ1n) is 8.46. The second kappa shape index (κ2) is 7.70. The van der Waals surface area contributed by atoms with E-state index in [1.165, 1.54) is 4.90 Å². The highest BCUT2D eigenvalue weighted by Gasteiger charge is 2.51. The maximum absolute atomic E-state index is 12.9. The summed E-state index contributed by atoms with van der Waals surface area (Å²) >= 11 is 18.0. The highest BCUT2D eigenvalue weighted by atomic mass is 35.5. The first kappa shape index (κ1) is 20.6. The number of likely N-dealkylation sites (N-methyl/N-ethyl adjacent to an activating group) is 1. The highest BCUT2D eigenvalue weighted by Crippen LogP contribution is 2.36.